The van der Waals surface area contributed by atoms with E-state index in [0.717, 1.165) is 33.0 Å². The molecule has 0 fully saturated rings. The third-order valence-electron chi connectivity index (χ3n) is 3.60. The Morgan fingerprint density at radius 3 is 2.61 bits per heavy atom. The molecule has 112 valence electrons. The summed E-state index contributed by atoms with van der Waals surface area (Å²) in [4.78, 5) is 15.7. The number of primary amides is 1. The van der Waals surface area contributed by atoms with E-state index in [1.54, 1.807) is 12.1 Å². The lowest BCUT2D eigenvalue weighted by atomic mass is 10.1. The van der Waals surface area contributed by atoms with Gasteiger partial charge in [-0.05, 0) is 24.3 Å². The van der Waals surface area contributed by atoms with Crippen LogP contribution >= 0.6 is 11.3 Å². The van der Waals surface area contributed by atoms with Gasteiger partial charge in [-0.25, -0.2) is 4.98 Å². The third-order valence-corrected chi connectivity index (χ3v) is 4.49. The highest BCUT2D eigenvalue weighted by Crippen LogP contribution is 2.32. The SMILES string of the molecule is NC(=O)c1ccc(-c2nc(-c3cc4ccccc4o3)cs2)cc1. The van der Waals surface area contributed by atoms with Crippen molar-refractivity contribution in [2.24, 2.45) is 5.73 Å². The minimum Gasteiger partial charge on any atom is -0.454 e. The van der Waals surface area contributed by atoms with E-state index in [4.69, 9.17) is 10.2 Å². The van der Waals surface area contributed by atoms with Gasteiger partial charge >= 0.3 is 0 Å². The molecule has 0 unspecified atom stereocenters. The number of rotatable bonds is 3. The molecule has 0 spiro atoms. The number of furan rings is 1. The van der Waals surface area contributed by atoms with Crippen LogP contribution in [0.3, 0.4) is 0 Å². The summed E-state index contributed by atoms with van der Waals surface area (Å²) in [6, 6.07) is 17.0. The van der Waals surface area contributed by atoms with Crippen molar-refractivity contribution in [2.45, 2.75) is 0 Å². The first-order chi connectivity index (χ1) is 11.2. The Morgan fingerprint density at radius 2 is 1.87 bits per heavy atom. The smallest absolute Gasteiger partial charge is 0.248 e. The molecule has 0 aliphatic heterocycles. The van der Waals surface area contributed by atoms with E-state index >= 15 is 0 Å². The number of carbonyl (C=O) groups excluding carboxylic acids is 1. The van der Waals surface area contributed by atoms with Gasteiger partial charge in [-0.2, -0.15) is 0 Å². The van der Waals surface area contributed by atoms with Gasteiger partial charge in [0.1, 0.15) is 16.3 Å². The van der Waals surface area contributed by atoms with Crippen LogP contribution in [0.15, 0.2) is 64.4 Å². The molecule has 0 bridgehead atoms. The Kier molecular flexibility index (Phi) is 3.20. The fourth-order valence-electron chi connectivity index (χ4n) is 2.40. The average Bonchev–Trinajstić information content (AvgIpc) is 3.21. The average molecular weight is 320 g/mol. The van der Waals surface area contributed by atoms with Gasteiger partial charge in [-0.15, -0.1) is 11.3 Å². The zero-order chi connectivity index (χ0) is 15.8. The molecule has 1 amide bonds. The maximum Gasteiger partial charge on any atom is 0.248 e. The van der Waals surface area contributed by atoms with Crippen LogP contribution in [0.4, 0.5) is 0 Å². The zero-order valence-corrected chi connectivity index (χ0v) is 12.8. The van der Waals surface area contributed by atoms with Gasteiger partial charge in [0.15, 0.2) is 5.76 Å². The second-order valence-electron chi connectivity index (χ2n) is 5.13. The quantitative estimate of drug-likeness (QED) is 0.611. The summed E-state index contributed by atoms with van der Waals surface area (Å²) in [6.07, 6.45) is 0. The second-order valence-corrected chi connectivity index (χ2v) is 5.99. The molecule has 2 aromatic heterocycles. The summed E-state index contributed by atoms with van der Waals surface area (Å²) in [7, 11) is 0. The van der Waals surface area contributed by atoms with E-state index in [9.17, 15) is 4.79 Å². The van der Waals surface area contributed by atoms with Crippen molar-refractivity contribution in [3.8, 4) is 22.0 Å². The molecule has 5 heteroatoms. The number of nitrogens with zero attached hydrogens (tertiary/aromatic N) is 1. The number of hydrogen-bond acceptors (Lipinski definition) is 4. The molecule has 4 rings (SSSR count). The van der Waals surface area contributed by atoms with E-state index in [1.165, 1.54) is 11.3 Å². The van der Waals surface area contributed by atoms with E-state index in [0.29, 0.717) is 5.56 Å². The van der Waals surface area contributed by atoms with E-state index < -0.39 is 5.91 Å². The summed E-state index contributed by atoms with van der Waals surface area (Å²) < 4.78 is 5.84. The molecular weight excluding hydrogens is 308 g/mol. The molecule has 2 heterocycles. The number of carbonyl (C=O) groups is 1. The van der Waals surface area contributed by atoms with Crippen LogP contribution in [0.2, 0.25) is 0 Å². The van der Waals surface area contributed by atoms with Gasteiger partial charge in [0.2, 0.25) is 5.91 Å². The van der Waals surface area contributed by atoms with Crippen LogP contribution in [0.25, 0.3) is 33.0 Å². The number of fused-ring (bicyclic) bond motifs is 1. The minimum atomic E-state index is -0.432. The van der Waals surface area contributed by atoms with E-state index in [1.807, 2.05) is 47.8 Å². The number of hydrogen-bond donors (Lipinski definition) is 1. The number of thiazole rings is 1. The molecule has 0 aliphatic carbocycles. The zero-order valence-electron chi connectivity index (χ0n) is 12.0. The van der Waals surface area contributed by atoms with Gasteiger partial charge in [-0.3, -0.25) is 4.79 Å². The van der Waals surface area contributed by atoms with Gasteiger partial charge in [0.25, 0.3) is 0 Å². The van der Waals surface area contributed by atoms with Crippen molar-refractivity contribution >= 4 is 28.2 Å². The lowest BCUT2D eigenvalue weighted by molar-refractivity contribution is 0.100. The predicted octanol–water partition coefficient (Wildman–Crippen LogP) is 4.32. The van der Waals surface area contributed by atoms with Crippen molar-refractivity contribution in [3.63, 3.8) is 0 Å². The lowest BCUT2D eigenvalue weighted by Crippen LogP contribution is -2.10. The predicted molar refractivity (Wildman–Crippen MR) is 91.3 cm³/mol. The Bertz CT molecular complexity index is 966. The monoisotopic (exact) mass is 320 g/mol. The normalized spacial score (nSPS) is 11.0. The highest BCUT2D eigenvalue weighted by molar-refractivity contribution is 7.13. The Hall–Kier alpha value is -2.92. The summed E-state index contributed by atoms with van der Waals surface area (Å²) in [6.45, 7) is 0. The minimum absolute atomic E-state index is 0.432. The Labute approximate surface area is 136 Å². The Balaban J connectivity index is 1.69. The maximum absolute atomic E-state index is 11.1. The van der Waals surface area contributed by atoms with Gasteiger partial charge in [-0.1, -0.05) is 30.3 Å². The van der Waals surface area contributed by atoms with Crippen molar-refractivity contribution in [3.05, 3.63) is 65.5 Å². The van der Waals surface area contributed by atoms with Gasteiger partial charge < -0.3 is 10.2 Å². The van der Waals surface area contributed by atoms with Crippen LogP contribution in [-0.4, -0.2) is 10.9 Å². The molecule has 23 heavy (non-hydrogen) atoms. The van der Waals surface area contributed by atoms with Gasteiger partial charge in [0, 0.05) is 21.9 Å². The summed E-state index contributed by atoms with van der Waals surface area (Å²) in [5.41, 5.74) is 8.35. The number of benzene rings is 2. The highest BCUT2D eigenvalue weighted by atomic mass is 32.1. The maximum atomic E-state index is 11.1. The lowest BCUT2D eigenvalue weighted by Gasteiger charge is -1.98. The van der Waals surface area contributed by atoms with Gasteiger partial charge in [0.05, 0.1) is 0 Å². The first-order valence-electron chi connectivity index (χ1n) is 7.05. The van der Waals surface area contributed by atoms with Crippen LogP contribution in [0.1, 0.15) is 10.4 Å². The van der Waals surface area contributed by atoms with E-state index in [2.05, 4.69) is 4.98 Å². The molecular formula is C18H12N2O2S. The summed E-state index contributed by atoms with van der Waals surface area (Å²) in [5, 5.41) is 3.90. The third kappa shape index (κ3) is 2.51. The topological polar surface area (TPSA) is 69.1 Å². The molecule has 0 aliphatic rings. The standard InChI is InChI=1S/C18H12N2O2S/c19-17(21)11-5-7-12(8-6-11)18-20-14(10-23-18)16-9-13-3-1-2-4-15(13)22-16/h1-10H,(H2,19,21). The molecule has 2 aromatic carbocycles. The Morgan fingerprint density at radius 1 is 1.09 bits per heavy atom. The van der Waals surface area contributed by atoms with Crippen LogP contribution in [0, 0.1) is 0 Å². The molecule has 0 atom stereocenters. The molecule has 0 saturated heterocycles. The van der Waals surface area contributed by atoms with Crippen molar-refractivity contribution < 1.29 is 9.21 Å². The first kappa shape index (κ1) is 13.7. The number of nitrogens with two attached hydrogens (primary N) is 1. The second kappa shape index (κ2) is 5.37. The molecule has 0 radical (unpaired) electrons. The first-order valence-corrected chi connectivity index (χ1v) is 7.93. The van der Waals surface area contributed by atoms with Crippen LogP contribution in [0.5, 0.6) is 0 Å². The van der Waals surface area contributed by atoms with Crippen LogP contribution < -0.4 is 5.73 Å². The molecule has 4 nitrogen and oxygen atoms in total. The number of para-hydroxylation sites is 1. The molecule has 4 aromatic rings. The van der Waals surface area contributed by atoms with Crippen molar-refractivity contribution in [1.29, 1.82) is 0 Å². The van der Waals surface area contributed by atoms with Crippen LogP contribution in [-0.2, 0) is 0 Å². The number of aromatic nitrogens is 1. The largest absolute Gasteiger partial charge is 0.454 e. The van der Waals surface area contributed by atoms with Crippen molar-refractivity contribution in [1.82, 2.24) is 4.98 Å². The molecule has 2 N–H and O–H groups in total. The summed E-state index contributed by atoms with van der Waals surface area (Å²) in [5.74, 6) is 0.320. The highest BCUT2D eigenvalue weighted by Gasteiger charge is 2.11. The molecule has 0 saturated carbocycles. The summed E-state index contributed by atoms with van der Waals surface area (Å²) >= 11 is 1.53. The fraction of sp³-hybridized carbons (Fsp3) is 0. The van der Waals surface area contributed by atoms with Crippen molar-refractivity contribution in [2.75, 3.05) is 0 Å². The van der Waals surface area contributed by atoms with E-state index in [-0.39, 0.29) is 0 Å². The fourth-order valence-corrected chi connectivity index (χ4v) is 3.22. The number of amides is 1.